The van der Waals surface area contributed by atoms with Gasteiger partial charge in [-0.15, -0.1) is 0 Å². The van der Waals surface area contributed by atoms with Crippen molar-refractivity contribution in [2.75, 3.05) is 6.54 Å². The molecule has 0 spiro atoms. The van der Waals surface area contributed by atoms with Crippen molar-refractivity contribution in [3.8, 4) is 5.75 Å². The smallest absolute Gasteiger partial charge is 0.315 e. The summed E-state index contributed by atoms with van der Waals surface area (Å²) in [5.41, 5.74) is 0. The Hall–Kier alpha value is -2.21. The number of imidazole rings is 1. The van der Waals surface area contributed by atoms with Gasteiger partial charge in [-0.25, -0.2) is 9.78 Å². The SMILES string of the molecule is CC(Cn1ccnc1)NC(=O)NCC(C)Oc1ccccc1Cl. The van der Waals surface area contributed by atoms with Gasteiger partial charge < -0.3 is 19.9 Å². The van der Waals surface area contributed by atoms with Gasteiger partial charge in [-0.1, -0.05) is 23.7 Å². The van der Waals surface area contributed by atoms with E-state index in [0.717, 1.165) is 0 Å². The first-order valence-electron chi connectivity index (χ1n) is 7.46. The number of amides is 2. The van der Waals surface area contributed by atoms with E-state index in [9.17, 15) is 4.79 Å². The number of carbonyl (C=O) groups excluding carboxylic acids is 1. The summed E-state index contributed by atoms with van der Waals surface area (Å²) in [5, 5.41) is 6.21. The molecular weight excluding hydrogens is 316 g/mol. The first-order chi connectivity index (χ1) is 11.0. The number of ether oxygens (including phenoxy) is 1. The molecule has 0 fully saturated rings. The van der Waals surface area contributed by atoms with Gasteiger partial charge >= 0.3 is 6.03 Å². The number of benzene rings is 1. The summed E-state index contributed by atoms with van der Waals surface area (Å²) in [5.74, 6) is 0.609. The summed E-state index contributed by atoms with van der Waals surface area (Å²) in [4.78, 5) is 15.8. The fourth-order valence-electron chi connectivity index (χ4n) is 2.07. The predicted octanol–water partition coefficient (Wildman–Crippen LogP) is 2.69. The lowest BCUT2D eigenvalue weighted by Gasteiger charge is -2.18. The Bertz CT molecular complexity index is 618. The van der Waals surface area contributed by atoms with E-state index in [0.29, 0.717) is 23.9 Å². The Labute approximate surface area is 140 Å². The molecule has 0 saturated carbocycles. The van der Waals surface area contributed by atoms with Gasteiger partial charge in [0.15, 0.2) is 0 Å². The molecule has 2 aromatic rings. The molecule has 1 aromatic heterocycles. The van der Waals surface area contributed by atoms with Gasteiger partial charge in [0, 0.05) is 25.0 Å². The van der Waals surface area contributed by atoms with Crippen LogP contribution >= 0.6 is 11.6 Å². The minimum Gasteiger partial charge on any atom is -0.487 e. The monoisotopic (exact) mass is 336 g/mol. The molecule has 0 radical (unpaired) electrons. The molecule has 0 aliphatic carbocycles. The van der Waals surface area contributed by atoms with Gasteiger partial charge in [-0.3, -0.25) is 0 Å². The second-order valence-corrected chi connectivity index (χ2v) is 5.78. The first-order valence-corrected chi connectivity index (χ1v) is 7.83. The fourth-order valence-corrected chi connectivity index (χ4v) is 2.25. The molecule has 2 rings (SSSR count). The Morgan fingerprint density at radius 3 is 2.87 bits per heavy atom. The van der Waals surface area contributed by atoms with Crippen molar-refractivity contribution in [1.29, 1.82) is 0 Å². The van der Waals surface area contributed by atoms with Crippen LogP contribution in [0.25, 0.3) is 0 Å². The van der Waals surface area contributed by atoms with E-state index >= 15 is 0 Å². The van der Waals surface area contributed by atoms with Crippen LogP contribution in [-0.2, 0) is 6.54 Å². The van der Waals surface area contributed by atoms with E-state index < -0.39 is 0 Å². The maximum absolute atomic E-state index is 11.9. The van der Waals surface area contributed by atoms with Crippen molar-refractivity contribution >= 4 is 17.6 Å². The third kappa shape index (κ3) is 5.83. The van der Waals surface area contributed by atoms with Crippen molar-refractivity contribution in [2.24, 2.45) is 0 Å². The van der Waals surface area contributed by atoms with E-state index in [1.54, 1.807) is 24.7 Å². The number of halogens is 1. The van der Waals surface area contributed by atoms with Gasteiger partial charge in [0.05, 0.1) is 17.9 Å². The third-order valence-electron chi connectivity index (χ3n) is 3.14. The molecule has 2 N–H and O–H groups in total. The third-order valence-corrected chi connectivity index (χ3v) is 3.45. The minimum atomic E-state index is -0.229. The lowest BCUT2D eigenvalue weighted by atomic mass is 10.3. The van der Waals surface area contributed by atoms with Gasteiger partial charge in [0.1, 0.15) is 11.9 Å². The number of hydrogen-bond acceptors (Lipinski definition) is 3. The minimum absolute atomic E-state index is 0.0102. The summed E-state index contributed by atoms with van der Waals surface area (Å²) in [6, 6.07) is 7.02. The van der Waals surface area contributed by atoms with Crippen LogP contribution in [0.3, 0.4) is 0 Å². The summed E-state index contributed by atoms with van der Waals surface area (Å²) >= 11 is 6.04. The molecule has 0 bridgehead atoms. The lowest BCUT2D eigenvalue weighted by molar-refractivity contribution is 0.206. The van der Waals surface area contributed by atoms with Crippen LogP contribution in [0.1, 0.15) is 13.8 Å². The molecule has 0 saturated heterocycles. The fraction of sp³-hybridized carbons (Fsp3) is 0.375. The average Bonchev–Trinajstić information content (AvgIpc) is 3.00. The molecule has 0 aliphatic rings. The van der Waals surface area contributed by atoms with Crippen LogP contribution in [0.2, 0.25) is 5.02 Å². The molecule has 2 unspecified atom stereocenters. The van der Waals surface area contributed by atoms with Crippen molar-refractivity contribution in [2.45, 2.75) is 32.5 Å². The maximum atomic E-state index is 11.9. The highest BCUT2D eigenvalue weighted by Crippen LogP contribution is 2.23. The van der Waals surface area contributed by atoms with E-state index in [1.165, 1.54) is 0 Å². The number of urea groups is 1. The van der Waals surface area contributed by atoms with Crippen molar-refractivity contribution in [3.63, 3.8) is 0 Å². The van der Waals surface area contributed by atoms with Crippen LogP contribution in [0.4, 0.5) is 4.79 Å². The van der Waals surface area contributed by atoms with E-state index in [-0.39, 0.29) is 18.2 Å². The summed E-state index contributed by atoms with van der Waals surface area (Å²) < 4.78 is 7.61. The molecule has 0 aliphatic heterocycles. The van der Waals surface area contributed by atoms with Gasteiger partial charge in [-0.05, 0) is 26.0 Å². The normalized spacial score (nSPS) is 13.2. The second kappa shape index (κ2) is 8.43. The molecule has 6 nitrogen and oxygen atoms in total. The van der Waals surface area contributed by atoms with Crippen LogP contribution in [0, 0.1) is 0 Å². The van der Waals surface area contributed by atoms with Crippen LogP contribution in [-0.4, -0.2) is 34.3 Å². The molecule has 23 heavy (non-hydrogen) atoms. The zero-order valence-electron chi connectivity index (χ0n) is 13.2. The van der Waals surface area contributed by atoms with Crippen molar-refractivity contribution in [1.82, 2.24) is 20.2 Å². The van der Waals surface area contributed by atoms with Crippen molar-refractivity contribution in [3.05, 3.63) is 48.0 Å². The number of para-hydroxylation sites is 1. The largest absolute Gasteiger partial charge is 0.487 e. The van der Waals surface area contributed by atoms with Gasteiger partial charge in [0.2, 0.25) is 0 Å². The standard InChI is InChI=1S/C16H21ClN4O2/c1-12(10-21-8-7-18-11-21)20-16(22)19-9-13(2)23-15-6-4-3-5-14(15)17/h3-8,11-13H,9-10H2,1-2H3,(H2,19,20,22). The van der Waals surface area contributed by atoms with Crippen LogP contribution in [0.5, 0.6) is 5.75 Å². The van der Waals surface area contributed by atoms with E-state index in [1.807, 2.05) is 36.7 Å². The lowest BCUT2D eigenvalue weighted by Crippen LogP contribution is -2.45. The quantitative estimate of drug-likeness (QED) is 0.816. The maximum Gasteiger partial charge on any atom is 0.315 e. The Morgan fingerprint density at radius 2 is 2.17 bits per heavy atom. The number of rotatable bonds is 7. The molecule has 1 aromatic carbocycles. The molecule has 1 heterocycles. The number of carbonyl (C=O) groups is 1. The van der Waals surface area contributed by atoms with Gasteiger partial charge in [-0.2, -0.15) is 0 Å². The highest BCUT2D eigenvalue weighted by atomic mass is 35.5. The highest BCUT2D eigenvalue weighted by Gasteiger charge is 2.11. The van der Waals surface area contributed by atoms with E-state index in [2.05, 4.69) is 15.6 Å². The van der Waals surface area contributed by atoms with Crippen LogP contribution in [0.15, 0.2) is 43.0 Å². The number of nitrogens with zero attached hydrogens (tertiary/aromatic N) is 2. The van der Waals surface area contributed by atoms with Crippen LogP contribution < -0.4 is 15.4 Å². The van der Waals surface area contributed by atoms with Gasteiger partial charge in [0.25, 0.3) is 0 Å². The number of aromatic nitrogens is 2. The zero-order chi connectivity index (χ0) is 16.7. The highest BCUT2D eigenvalue weighted by molar-refractivity contribution is 6.32. The average molecular weight is 337 g/mol. The zero-order valence-corrected chi connectivity index (χ0v) is 14.0. The Balaban J connectivity index is 1.70. The topological polar surface area (TPSA) is 68.2 Å². The number of hydrogen-bond donors (Lipinski definition) is 2. The first kappa shape index (κ1) is 17.1. The second-order valence-electron chi connectivity index (χ2n) is 5.37. The summed E-state index contributed by atoms with van der Waals surface area (Å²) in [6.07, 6.45) is 5.09. The molecule has 7 heteroatoms. The summed E-state index contributed by atoms with van der Waals surface area (Å²) in [6.45, 7) is 4.86. The predicted molar refractivity (Wildman–Crippen MR) is 89.8 cm³/mol. The van der Waals surface area contributed by atoms with E-state index in [4.69, 9.17) is 16.3 Å². The molecular formula is C16H21ClN4O2. The molecule has 2 atom stereocenters. The Kier molecular flexibility index (Phi) is 6.29. The Morgan fingerprint density at radius 1 is 1.39 bits per heavy atom. The van der Waals surface area contributed by atoms with Crippen molar-refractivity contribution < 1.29 is 9.53 Å². The number of nitrogens with one attached hydrogen (secondary N) is 2. The molecule has 2 amide bonds. The molecule has 124 valence electrons. The summed E-state index contributed by atoms with van der Waals surface area (Å²) in [7, 11) is 0.